The summed E-state index contributed by atoms with van der Waals surface area (Å²) >= 11 is 0. The van der Waals surface area contributed by atoms with Crippen LogP contribution in [0, 0.1) is 13.8 Å². The van der Waals surface area contributed by atoms with Crippen molar-refractivity contribution in [1.82, 2.24) is 20.0 Å². The minimum absolute atomic E-state index is 0.0851. The first-order valence-corrected chi connectivity index (χ1v) is 10.4. The summed E-state index contributed by atoms with van der Waals surface area (Å²) in [6.07, 6.45) is 5.64. The maximum absolute atomic E-state index is 12.9. The highest BCUT2D eigenvalue weighted by atomic mass is 16.5. The number of carbonyl (C=O) groups is 1. The molecule has 1 atom stereocenters. The number of nitrogens with one attached hydrogen (secondary N) is 1. The van der Waals surface area contributed by atoms with Gasteiger partial charge in [0.2, 0.25) is 5.76 Å². The third kappa shape index (κ3) is 3.18. The number of aromatic amines is 1. The van der Waals surface area contributed by atoms with E-state index in [2.05, 4.69) is 52.4 Å². The van der Waals surface area contributed by atoms with E-state index < -0.39 is 0 Å². The summed E-state index contributed by atoms with van der Waals surface area (Å²) in [5, 5.41) is 5.08. The second kappa shape index (κ2) is 7.44. The Hall–Kier alpha value is -3.41. The zero-order valence-corrected chi connectivity index (χ0v) is 17.2. The van der Waals surface area contributed by atoms with Gasteiger partial charge in [0.1, 0.15) is 0 Å². The lowest BCUT2D eigenvalue weighted by molar-refractivity contribution is 0.0664. The number of likely N-dealkylation sites (tertiary alicyclic amines) is 1. The molecule has 5 rings (SSSR count). The number of benzene rings is 1. The Morgan fingerprint density at radius 2 is 2.03 bits per heavy atom. The van der Waals surface area contributed by atoms with Gasteiger partial charge in [-0.2, -0.15) is 0 Å². The van der Waals surface area contributed by atoms with E-state index in [1.807, 2.05) is 24.2 Å². The molecule has 1 fully saturated rings. The molecule has 4 heterocycles. The number of amides is 1. The van der Waals surface area contributed by atoms with Crippen molar-refractivity contribution in [1.29, 1.82) is 0 Å². The van der Waals surface area contributed by atoms with E-state index in [1.54, 1.807) is 6.07 Å². The molecule has 1 aliphatic heterocycles. The molecule has 0 radical (unpaired) electrons. The second-order valence-corrected chi connectivity index (χ2v) is 8.07. The SMILES string of the molecule is Cc1cc(C(=O)N2CCCC(c3[nH]c4c(C)cccc4c3-c3ccncc3)C2)on1. The summed E-state index contributed by atoms with van der Waals surface area (Å²) in [5.74, 6) is 0.453. The van der Waals surface area contributed by atoms with Crippen LogP contribution in [-0.4, -0.2) is 39.0 Å². The fraction of sp³-hybridized carbons (Fsp3) is 0.292. The van der Waals surface area contributed by atoms with Crippen LogP contribution in [0.25, 0.3) is 22.0 Å². The molecule has 4 aromatic rings. The van der Waals surface area contributed by atoms with E-state index in [-0.39, 0.29) is 11.8 Å². The molecule has 30 heavy (non-hydrogen) atoms. The molecule has 1 N–H and O–H groups in total. The molecule has 3 aromatic heterocycles. The van der Waals surface area contributed by atoms with Crippen LogP contribution in [0.3, 0.4) is 0 Å². The average molecular weight is 400 g/mol. The zero-order valence-electron chi connectivity index (χ0n) is 17.2. The Labute approximate surface area is 174 Å². The Bertz CT molecular complexity index is 1210. The van der Waals surface area contributed by atoms with Gasteiger partial charge >= 0.3 is 0 Å². The number of para-hydroxylation sites is 1. The molecule has 152 valence electrons. The highest BCUT2D eigenvalue weighted by Crippen LogP contribution is 2.40. The minimum atomic E-state index is -0.0851. The lowest BCUT2D eigenvalue weighted by Crippen LogP contribution is -2.39. The molecule has 0 spiro atoms. The van der Waals surface area contributed by atoms with Crippen molar-refractivity contribution in [3.8, 4) is 11.1 Å². The zero-order chi connectivity index (χ0) is 20.7. The van der Waals surface area contributed by atoms with Crippen LogP contribution < -0.4 is 0 Å². The standard InChI is InChI=1S/C24H24N4O2/c1-15-5-3-7-19-21(17-8-10-25-11-9-17)23(26-22(15)19)18-6-4-12-28(14-18)24(29)20-13-16(2)27-30-20/h3,5,7-11,13,18,26H,4,6,12,14H2,1-2H3. The van der Waals surface area contributed by atoms with Crippen LogP contribution >= 0.6 is 0 Å². The van der Waals surface area contributed by atoms with E-state index in [9.17, 15) is 4.79 Å². The van der Waals surface area contributed by atoms with Crippen molar-refractivity contribution < 1.29 is 9.32 Å². The van der Waals surface area contributed by atoms with Crippen LogP contribution in [0.4, 0.5) is 0 Å². The molecule has 0 saturated carbocycles. The average Bonchev–Trinajstić information content (AvgIpc) is 3.39. The van der Waals surface area contributed by atoms with Crippen molar-refractivity contribution in [2.75, 3.05) is 13.1 Å². The first kappa shape index (κ1) is 18.6. The Balaban J connectivity index is 1.55. The summed E-state index contributed by atoms with van der Waals surface area (Å²) in [5.41, 5.74) is 6.65. The number of hydrogen-bond acceptors (Lipinski definition) is 4. The second-order valence-electron chi connectivity index (χ2n) is 8.07. The molecular weight excluding hydrogens is 376 g/mol. The molecule has 0 bridgehead atoms. The predicted octanol–water partition coefficient (Wildman–Crippen LogP) is 4.85. The summed E-state index contributed by atoms with van der Waals surface area (Å²) in [4.78, 5) is 22.7. The number of fused-ring (bicyclic) bond motifs is 1. The number of piperidine rings is 1. The van der Waals surface area contributed by atoms with Gasteiger partial charge in [-0.3, -0.25) is 9.78 Å². The van der Waals surface area contributed by atoms with Crippen molar-refractivity contribution in [3.63, 3.8) is 0 Å². The number of aromatic nitrogens is 3. The molecule has 1 aliphatic rings. The normalized spacial score (nSPS) is 16.9. The summed E-state index contributed by atoms with van der Waals surface area (Å²) < 4.78 is 5.22. The topological polar surface area (TPSA) is 75.0 Å². The first-order valence-electron chi connectivity index (χ1n) is 10.4. The van der Waals surface area contributed by atoms with Gasteiger partial charge in [0, 0.05) is 59.6 Å². The highest BCUT2D eigenvalue weighted by Gasteiger charge is 2.30. The number of nitrogens with zero attached hydrogens (tertiary/aromatic N) is 3. The van der Waals surface area contributed by atoms with Gasteiger partial charge < -0.3 is 14.4 Å². The van der Waals surface area contributed by atoms with Crippen LogP contribution in [0.1, 0.15) is 46.3 Å². The van der Waals surface area contributed by atoms with Crippen molar-refractivity contribution in [3.05, 3.63) is 71.5 Å². The third-order valence-electron chi connectivity index (χ3n) is 6.00. The fourth-order valence-electron chi connectivity index (χ4n) is 4.54. The van der Waals surface area contributed by atoms with Gasteiger partial charge in [0.25, 0.3) is 5.91 Å². The molecular formula is C24H24N4O2. The van der Waals surface area contributed by atoms with Crippen LogP contribution in [-0.2, 0) is 0 Å². The Kier molecular flexibility index (Phi) is 4.62. The Morgan fingerprint density at radius 1 is 1.20 bits per heavy atom. The molecule has 6 nitrogen and oxygen atoms in total. The van der Waals surface area contributed by atoms with Crippen molar-refractivity contribution >= 4 is 16.8 Å². The quantitative estimate of drug-likeness (QED) is 0.533. The number of rotatable bonds is 3. The molecule has 1 amide bonds. The first-order chi connectivity index (χ1) is 14.6. The third-order valence-corrected chi connectivity index (χ3v) is 6.00. The Morgan fingerprint density at radius 3 is 2.80 bits per heavy atom. The molecule has 0 aliphatic carbocycles. The van der Waals surface area contributed by atoms with Gasteiger partial charge in [0.05, 0.1) is 5.69 Å². The van der Waals surface area contributed by atoms with E-state index in [4.69, 9.17) is 4.52 Å². The molecule has 6 heteroatoms. The fourth-order valence-corrected chi connectivity index (χ4v) is 4.54. The van der Waals surface area contributed by atoms with E-state index >= 15 is 0 Å². The largest absolute Gasteiger partial charge is 0.357 e. The number of H-pyrrole nitrogens is 1. The highest BCUT2D eigenvalue weighted by molar-refractivity contribution is 5.99. The van der Waals surface area contributed by atoms with Crippen molar-refractivity contribution in [2.24, 2.45) is 0 Å². The van der Waals surface area contributed by atoms with Gasteiger partial charge in [-0.15, -0.1) is 0 Å². The number of aryl methyl sites for hydroxylation is 2. The van der Waals surface area contributed by atoms with Gasteiger partial charge in [-0.1, -0.05) is 23.4 Å². The maximum atomic E-state index is 12.9. The van der Waals surface area contributed by atoms with Gasteiger partial charge in [-0.25, -0.2) is 0 Å². The summed E-state index contributed by atoms with van der Waals surface area (Å²) in [7, 11) is 0. The summed E-state index contributed by atoms with van der Waals surface area (Å²) in [6.45, 7) is 5.34. The van der Waals surface area contributed by atoms with Crippen LogP contribution in [0.5, 0.6) is 0 Å². The smallest absolute Gasteiger partial charge is 0.292 e. The lowest BCUT2D eigenvalue weighted by Gasteiger charge is -2.32. The van der Waals surface area contributed by atoms with Gasteiger partial charge in [-0.05, 0) is 49.9 Å². The van der Waals surface area contributed by atoms with E-state index in [0.29, 0.717) is 12.3 Å². The van der Waals surface area contributed by atoms with Crippen LogP contribution in [0.15, 0.2) is 53.3 Å². The monoisotopic (exact) mass is 400 g/mol. The predicted molar refractivity (Wildman–Crippen MR) is 115 cm³/mol. The van der Waals surface area contributed by atoms with Crippen LogP contribution in [0.2, 0.25) is 0 Å². The molecule has 1 saturated heterocycles. The van der Waals surface area contributed by atoms with Gasteiger partial charge in [0.15, 0.2) is 0 Å². The number of pyridine rings is 1. The lowest BCUT2D eigenvalue weighted by atomic mass is 9.89. The van der Waals surface area contributed by atoms with E-state index in [1.165, 1.54) is 22.2 Å². The molecule has 1 unspecified atom stereocenters. The molecule has 1 aromatic carbocycles. The minimum Gasteiger partial charge on any atom is -0.357 e. The summed E-state index contributed by atoms with van der Waals surface area (Å²) in [6, 6.07) is 12.2. The number of carbonyl (C=O) groups excluding carboxylic acids is 1. The maximum Gasteiger partial charge on any atom is 0.292 e. The number of hydrogen-bond donors (Lipinski definition) is 1. The van der Waals surface area contributed by atoms with Crippen molar-refractivity contribution in [2.45, 2.75) is 32.6 Å². The van der Waals surface area contributed by atoms with E-state index in [0.717, 1.165) is 36.2 Å².